The fourth-order valence-corrected chi connectivity index (χ4v) is 4.25. The van der Waals surface area contributed by atoms with Crippen LogP contribution in [0.15, 0.2) is 71.2 Å². The van der Waals surface area contributed by atoms with E-state index in [0.29, 0.717) is 22.3 Å². The van der Waals surface area contributed by atoms with Crippen LogP contribution in [0, 0.1) is 13.8 Å². The van der Waals surface area contributed by atoms with E-state index in [9.17, 15) is 14.4 Å². The van der Waals surface area contributed by atoms with Gasteiger partial charge in [0, 0.05) is 22.1 Å². The second-order valence-corrected chi connectivity index (χ2v) is 9.29. The fourth-order valence-electron chi connectivity index (χ4n) is 3.87. The summed E-state index contributed by atoms with van der Waals surface area (Å²) >= 11 is 3.43. The van der Waals surface area contributed by atoms with Gasteiger partial charge in [-0.05, 0) is 79.1 Å². The highest BCUT2D eigenvalue weighted by Crippen LogP contribution is 2.24. The number of benzene rings is 3. The maximum absolute atomic E-state index is 13.2. The highest BCUT2D eigenvalue weighted by Gasteiger charge is 2.21. The maximum atomic E-state index is 13.2. The normalized spacial score (nSPS) is 10.7. The highest BCUT2D eigenvalue weighted by molar-refractivity contribution is 9.10. The Hall–Kier alpha value is -4.11. The second kappa shape index (κ2) is 10.7. The van der Waals surface area contributed by atoms with Crippen LogP contribution < -0.4 is 20.8 Å². The number of aromatic nitrogens is 1. The summed E-state index contributed by atoms with van der Waals surface area (Å²) in [6.45, 7) is 4.06. The first-order chi connectivity index (χ1) is 17.2. The third-order valence-electron chi connectivity index (χ3n) is 5.51. The highest BCUT2D eigenvalue weighted by atomic mass is 79.9. The van der Waals surface area contributed by atoms with Crippen molar-refractivity contribution >= 4 is 50.2 Å². The number of halogens is 1. The minimum Gasteiger partial charge on any atom is -0.497 e. The van der Waals surface area contributed by atoms with Gasteiger partial charge in [0.25, 0.3) is 5.91 Å². The zero-order chi connectivity index (χ0) is 25.8. The first kappa shape index (κ1) is 25.0. The smallest absolute Gasteiger partial charge is 0.328 e. The second-order valence-electron chi connectivity index (χ2n) is 8.37. The van der Waals surface area contributed by atoms with Crippen molar-refractivity contribution in [2.75, 3.05) is 17.9 Å². The van der Waals surface area contributed by atoms with Crippen molar-refractivity contribution in [1.29, 1.82) is 0 Å². The molecule has 4 rings (SSSR count). The van der Waals surface area contributed by atoms with Crippen LogP contribution in [-0.4, -0.2) is 29.5 Å². The molecule has 9 heteroatoms. The Balaban J connectivity index is 1.55. The van der Waals surface area contributed by atoms with Gasteiger partial charge in [-0.25, -0.2) is 4.68 Å². The molecule has 3 aromatic carbocycles. The van der Waals surface area contributed by atoms with Gasteiger partial charge in [-0.2, -0.15) is 0 Å². The summed E-state index contributed by atoms with van der Waals surface area (Å²) in [5.41, 5.74) is 6.78. The number of aryl methyl sites for hydroxylation is 2. The molecule has 1 aromatic heterocycles. The third-order valence-corrected chi connectivity index (χ3v) is 6.00. The molecule has 0 saturated carbocycles. The molecule has 0 spiro atoms. The number of hydrogen-bond acceptors (Lipinski definition) is 4. The molecule has 0 unspecified atom stereocenters. The standard InChI is InChI=1S/C27H25BrN4O4/c1-16-10-17(2)12-21(11-16)30-25(33)24-14-19-13-20(28)6-9-23(19)32(24)31-27(35)26(34)29-15-18-4-7-22(36-3)8-5-18/h4-14H,15H2,1-3H3,(H,29,34)(H,30,33)(H,31,35). The van der Waals surface area contributed by atoms with Crippen LogP contribution in [0.1, 0.15) is 27.2 Å². The number of fused-ring (bicyclic) bond motifs is 1. The van der Waals surface area contributed by atoms with Gasteiger partial charge in [0.2, 0.25) is 0 Å². The molecule has 3 N–H and O–H groups in total. The van der Waals surface area contributed by atoms with E-state index in [1.165, 1.54) is 4.68 Å². The molecule has 0 aliphatic carbocycles. The minimum absolute atomic E-state index is 0.162. The maximum Gasteiger partial charge on any atom is 0.328 e. The third kappa shape index (κ3) is 5.75. The van der Waals surface area contributed by atoms with Crippen molar-refractivity contribution in [1.82, 2.24) is 9.99 Å². The molecule has 0 aliphatic rings. The molecule has 36 heavy (non-hydrogen) atoms. The predicted octanol–water partition coefficient (Wildman–Crippen LogP) is 4.67. The largest absolute Gasteiger partial charge is 0.497 e. The van der Waals surface area contributed by atoms with E-state index in [0.717, 1.165) is 21.2 Å². The number of nitrogens with one attached hydrogen (secondary N) is 3. The van der Waals surface area contributed by atoms with Crippen LogP contribution >= 0.6 is 15.9 Å². The van der Waals surface area contributed by atoms with Gasteiger partial charge in [0.15, 0.2) is 0 Å². The zero-order valence-corrected chi connectivity index (χ0v) is 21.6. The van der Waals surface area contributed by atoms with Crippen molar-refractivity contribution in [3.63, 3.8) is 0 Å². The lowest BCUT2D eigenvalue weighted by Gasteiger charge is -2.13. The molecule has 0 aliphatic heterocycles. The van der Waals surface area contributed by atoms with Crippen molar-refractivity contribution < 1.29 is 19.1 Å². The van der Waals surface area contributed by atoms with Crippen molar-refractivity contribution in [2.24, 2.45) is 0 Å². The number of rotatable bonds is 6. The molecular weight excluding hydrogens is 524 g/mol. The van der Waals surface area contributed by atoms with Crippen LogP contribution in [0.2, 0.25) is 0 Å². The van der Waals surface area contributed by atoms with Crippen molar-refractivity contribution in [3.8, 4) is 5.75 Å². The number of carbonyl (C=O) groups is 3. The molecule has 8 nitrogen and oxygen atoms in total. The predicted molar refractivity (Wildman–Crippen MR) is 143 cm³/mol. The number of nitrogens with zero attached hydrogens (tertiary/aromatic N) is 1. The number of methoxy groups -OCH3 is 1. The summed E-state index contributed by atoms with van der Waals surface area (Å²) in [5.74, 6) is -1.46. The Morgan fingerprint density at radius 1 is 0.889 bits per heavy atom. The van der Waals surface area contributed by atoms with Crippen LogP contribution in [0.3, 0.4) is 0 Å². The Morgan fingerprint density at radius 2 is 1.58 bits per heavy atom. The summed E-state index contributed by atoms with van der Waals surface area (Å²) in [6, 6.07) is 19.9. The Labute approximate surface area is 216 Å². The van der Waals surface area contributed by atoms with E-state index in [2.05, 4.69) is 32.0 Å². The number of hydrogen-bond donors (Lipinski definition) is 3. The van der Waals surface area contributed by atoms with Crippen molar-refractivity contribution in [3.05, 3.63) is 93.6 Å². The van der Waals surface area contributed by atoms with E-state index >= 15 is 0 Å². The van der Waals surface area contributed by atoms with Gasteiger partial charge in [0.1, 0.15) is 11.4 Å². The summed E-state index contributed by atoms with van der Waals surface area (Å²) in [6.07, 6.45) is 0. The molecular formula is C27H25BrN4O4. The lowest BCUT2D eigenvalue weighted by Crippen LogP contribution is -2.39. The average Bonchev–Trinajstić information content (AvgIpc) is 3.19. The zero-order valence-electron chi connectivity index (χ0n) is 20.0. The first-order valence-corrected chi connectivity index (χ1v) is 12.0. The fraction of sp³-hybridized carbons (Fsp3) is 0.148. The van der Waals surface area contributed by atoms with E-state index in [1.807, 2.05) is 38.1 Å². The summed E-state index contributed by atoms with van der Waals surface area (Å²) < 4.78 is 7.27. The quantitative estimate of drug-likeness (QED) is 0.305. The molecule has 4 aromatic rings. The van der Waals surface area contributed by atoms with Gasteiger partial charge in [-0.15, -0.1) is 0 Å². The van der Waals surface area contributed by atoms with Gasteiger partial charge in [0.05, 0.1) is 12.6 Å². The molecule has 0 fully saturated rings. The van der Waals surface area contributed by atoms with Crippen LogP contribution in [0.4, 0.5) is 5.69 Å². The topological polar surface area (TPSA) is 101 Å². The first-order valence-electron chi connectivity index (χ1n) is 11.2. The van der Waals surface area contributed by atoms with Gasteiger partial charge >= 0.3 is 11.8 Å². The minimum atomic E-state index is -0.899. The lowest BCUT2D eigenvalue weighted by atomic mass is 10.1. The molecule has 0 atom stereocenters. The summed E-state index contributed by atoms with van der Waals surface area (Å²) in [7, 11) is 1.57. The van der Waals surface area contributed by atoms with Gasteiger partial charge in [-0.3, -0.25) is 19.8 Å². The summed E-state index contributed by atoms with van der Waals surface area (Å²) in [5, 5.41) is 6.19. The number of anilines is 1. The van der Waals surface area contributed by atoms with E-state index < -0.39 is 17.7 Å². The van der Waals surface area contributed by atoms with Crippen LogP contribution in [0.25, 0.3) is 10.9 Å². The molecule has 0 radical (unpaired) electrons. The molecule has 0 bridgehead atoms. The lowest BCUT2D eigenvalue weighted by molar-refractivity contribution is -0.136. The number of amides is 3. The number of ether oxygens (including phenoxy) is 1. The molecule has 0 saturated heterocycles. The van der Waals surface area contributed by atoms with Crippen molar-refractivity contribution in [2.45, 2.75) is 20.4 Å². The Bertz CT molecular complexity index is 1440. The van der Waals surface area contributed by atoms with Crippen LogP contribution in [-0.2, 0) is 16.1 Å². The molecule has 3 amide bonds. The SMILES string of the molecule is COc1ccc(CNC(=O)C(=O)Nn2c(C(=O)Nc3cc(C)cc(C)c3)cc3cc(Br)ccc32)cc1. The van der Waals surface area contributed by atoms with E-state index in [4.69, 9.17) is 4.74 Å². The van der Waals surface area contributed by atoms with Gasteiger partial charge in [-0.1, -0.05) is 34.1 Å². The van der Waals surface area contributed by atoms with Crippen LogP contribution in [0.5, 0.6) is 5.75 Å². The average molecular weight is 549 g/mol. The van der Waals surface area contributed by atoms with Gasteiger partial charge < -0.3 is 15.4 Å². The van der Waals surface area contributed by atoms with E-state index in [-0.39, 0.29) is 12.2 Å². The Morgan fingerprint density at radius 3 is 2.25 bits per heavy atom. The Kier molecular flexibility index (Phi) is 7.40. The molecule has 184 valence electrons. The number of carbonyl (C=O) groups excluding carboxylic acids is 3. The summed E-state index contributed by atoms with van der Waals surface area (Å²) in [4.78, 5) is 38.5. The monoisotopic (exact) mass is 548 g/mol. The molecule has 1 heterocycles. The van der Waals surface area contributed by atoms with E-state index in [1.54, 1.807) is 49.6 Å².